The second kappa shape index (κ2) is 10.1. The summed E-state index contributed by atoms with van der Waals surface area (Å²) >= 11 is 1.98. The van der Waals surface area contributed by atoms with Gasteiger partial charge in [-0.15, -0.1) is 0 Å². The van der Waals surface area contributed by atoms with Crippen molar-refractivity contribution >= 4 is 54.0 Å². The number of nitrogens with one attached hydrogen (secondary N) is 2. The Bertz CT molecular complexity index is 1360. The Morgan fingerprint density at radius 1 is 0.667 bits per heavy atom. The molecular formula is C21H21IN2O7S2. The van der Waals surface area contributed by atoms with Gasteiger partial charge in [0.1, 0.15) is 17.2 Å². The molecule has 0 unspecified atom stereocenters. The summed E-state index contributed by atoms with van der Waals surface area (Å²) in [5.74, 6) is 1.33. The van der Waals surface area contributed by atoms with Crippen LogP contribution in [0.15, 0.2) is 70.5 Å². The zero-order valence-electron chi connectivity index (χ0n) is 17.8. The summed E-state index contributed by atoms with van der Waals surface area (Å²) in [6.45, 7) is 0. The number of benzene rings is 3. The summed E-state index contributed by atoms with van der Waals surface area (Å²) in [7, 11) is -3.47. The second-order valence-electron chi connectivity index (χ2n) is 6.60. The van der Waals surface area contributed by atoms with Gasteiger partial charge < -0.3 is 14.2 Å². The molecule has 0 aliphatic rings. The van der Waals surface area contributed by atoms with Crippen LogP contribution >= 0.6 is 22.6 Å². The van der Waals surface area contributed by atoms with Crippen LogP contribution < -0.4 is 23.7 Å². The SMILES string of the molecule is COc1ccc(OC)c(NS(=O)(=O)c2ccc(NS(=O)(=O)c3ccc(OC)c(I)c3)cc2)c1. The van der Waals surface area contributed by atoms with Crippen LogP contribution in [0.5, 0.6) is 17.2 Å². The summed E-state index contributed by atoms with van der Waals surface area (Å²) in [5, 5.41) is 0. The van der Waals surface area contributed by atoms with Crippen molar-refractivity contribution in [2.75, 3.05) is 30.8 Å². The first-order valence-corrected chi connectivity index (χ1v) is 13.4. The highest BCUT2D eigenvalue weighted by Gasteiger charge is 2.19. The minimum atomic E-state index is -3.97. The fourth-order valence-corrected chi connectivity index (χ4v) is 5.92. The van der Waals surface area contributed by atoms with Gasteiger partial charge in [0.15, 0.2) is 0 Å². The van der Waals surface area contributed by atoms with Gasteiger partial charge in [0.2, 0.25) is 0 Å². The number of ether oxygens (including phenoxy) is 3. The van der Waals surface area contributed by atoms with Crippen molar-refractivity contribution in [1.82, 2.24) is 0 Å². The Balaban J connectivity index is 1.81. The Hall–Kier alpha value is -2.71. The molecule has 0 saturated heterocycles. The first-order chi connectivity index (χ1) is 15.6. The molecule has 0 heterocycles. The molecular weight excluding hydrogens is 583 g/mol. The molecule has 9 nitrogen and oxygen atoms in total. The largest absolute Gasteiger partial charge is 0.497 e. The van der Waals surface area contributed by atoms with Crippen LogP contribution in [0.4, 0.5) is 11.4 Å². The first kappa shape index (κ1) is 24.9. The number of rotatable bonds is 9. The minimum absolute atomic E-state index is 0.0520. The van der Waals surface area contributed by atoms with Crippen LogP contribution in [0.25, 0.3) is 0 Å². The van der Waals surface area contributed by atoms with Gasteiger partial charge in [-0.25, -0.2) is 16.8 Å². The Labute approximate surface area is 206 Å². The molecule has 0 atom stereocenters. The third-order valence-electron chi connectivity index (χ3n) is 4.50. The number of sulfonamides is 2. The molecule has 3 aromatic rings. The van der Waals surface area contributed by atoms with Crippen molar-refractivity contribution in [3.63, 3.8) is 0 Å². The minimum Gasteiger partial charge on any atom is -0.497 e. The molecule has 0 radical (unpaired) electrons. The molecule has 176 valence electrons. The van der Waals surface area contributed by atoms with Crippen LogP contribution in [0.3, 0.4) is 0 Å². The van der Waals surface area contributed by atoms with Crippen molar-refractivity contribution in [3.05, 3.63) is 64.2 Å². The molecule has 0 aliphatic carbocycles. The van der Waals surface area contributed by atoms with Crippen molar-refractivity contribution in [2.45, 2.75) is 9.79 Å². The molecule has 12 heteroatoms. The van der Waals surface area contributed by atoms with E-state index in [0.29, 0.717) is 20.8 Å². The van der Waals surface area contributed by atoms with Gasteiger partial charge >= 0.3 is 0 Å². The molecule has 0 aromatic heterocycles. The summed E-state index contributed by atoms with van der Waals surface area (Å²) in [6, 6.07) is 14.5. The smallest absolute Gasteiger partial charge is 0.262 e. The van der Waals surface area contributed by atoms with E-state index in [1.54, 1.807) is 18.2 Å². The lowest BCUT2D eigenvalue weighted by Crippen LogP contribution is -2.15. The lowest BCUT2D eigenvalue weighted by atomic mass is 10.3. The Kier molecular flexibility index (Phi) is 7.59. The van der Waals surface area contributed by atoms with E-state index < -0.39 is 20.0 Å². The van der Waals surface area contributed by atoms with E-state index in [4.69, 9.17) is 14.2 Å². The molecule has 0 bridgehead atoms. The van der Waals surface area contributed by atoms with Crippen molar-refractivity contribution in [1.29, 1.82) is 0 Å². The van der Waals surface area contributed by atoms with Gasteiger partial charge in [-0.05, 0) is 77.2 Å². The number of anilines is 2. The average Bonchev–Trinajstić information content (AvgIpc) is 2.78. The fourth-order valence-electron chi connectivity index (χ4n) is 2.83. The molecule has 3 aromatic carbocycles. The summed E-state index contributed by atoms with van der Waals surface area (Å²) in [4.78, 5) is -0.00879. The molecule has 3 rings (SSSR count). The van der Waals surface area contributed by atoms with E-state index in [2.05, 4.69) is 9.44 Å². The Morgan fingerprint density at radius 2 is 1.24 bits per heavy atom. The highest BCUT2D eigenvalue weighted by atomic mass is 127. The predicted octanol–water partition coefficient (Wildman–Crippen LogP) is 3.92. The number of hydrogen-bond acceptors (Lipinski definition) is 7. The lowest BCUT2D eigenvalue weighted by Gasteiger charge is -2.14. The molecule has 0 saturated carbocycles. The van der Waals surface area contributed by atoms with E-state index in [0.717, 1.165) is 0 Å². The van der Waals surface area contributed by atoms with Gasteiger partial charge in [0, 0.05) is 11.8 Å². The highest BCUT2D eigenvalue weighted by Crippen LogP contribution is 2.31. The van der Waals surface area contributed by atoms with E-state index in [-0.39, 0.29) is 21.2 Å². The van der Waals surface area contributed by atoms with E-state index >= 15 is 0 Å². The maximum Gasteiger partial charge on any atom is 0.262 e. The van der Waals surface area contributed by atoms with E-state index in [1.807, 2.05) is 22.6 Å². The fraction of sp³-hybridized carbons (Fsp3) is 0.143. The standard InChI is InChI=1S/C21H21IN2O7S2/c1-29-15-6-10-21(31-3)19(12-15)24-32(25,26)16-7-4-14(5-8-16)23-33(27,28)17-9-11-20(30-2)18(22)13-17/h4-13,23-24H,1-3H3. The van der Waals surface area contributed by atoms with Gasteiger partial charge in [-0.1, -0.05) is 0 Å². The van der Waals surface area contributed by atoms with Gasteiger partial charge in [0.05, 0.1) is 40.4 Å². The quantitative estimate of drug-likeness (QED) is 0.356. The topological polar surface area (TPSA) is 120 Å². The molecule has 2 N–H and O–H groups in total. The van der Waals surface area contributed by atoms with Crippen LogP contribution in [0, 0.1) is 3.57 Å². The maximum atomic E-state index is 12.8. The molecule has 0 amide bonds. The van der Waals surface area contributed by atoms with Crippen LogP contribution in [-0.2, 0) is 20.0 Å². The van der Waals surface area contributed by atoms with Crippen molar-refractivity contribution in [2.24, 2.45) is 0 Å². The summed E-state index contributed by atoms with van der Waals surface area (Å²) in [6.07, 6.45) is 0. The third kappa shape index (κ3) is 5.81. The van der Waals surface area contributed by atoms with Crippen LogP contribution in [0.2, 0.25) is 0 Å². The van der Waals surface area contributed by atoms with Gasteiger partial charge in [-0.3, -0.25) is 9.44 Å². The maximum absolute atomic E-state index is 12.8. The van der Waals surface area contributed by atoms with E-state index in [1.165, 1.54) is 63.8 Å². The Morgan fingerprint density at radius 3 is 1.82 bits per heavy atom. The van der Waals surface area contributed by atoms with Gasteiger partial charge in [-0.2, -0.15) is 0 Å². The van der Waals surface area contributed by atoms with Crippen molar-refractivity contribution in [3.8, 4) is 17.2 Å². The summed E-state index contributed by atoms with van der Waals surface area (Å²) < 4.78 is 72.0. The first-order valence-electron chi connectivity index (χ1n) is 9.31. The zero-order valence-corrected chi connectivity index (χ0v) is 21.6. The summed E-state index contributed by atoms with van der Waals surface area (Å²) in [5.41, 5.74) is 0.412. The highest BCUT2D eigenvalue weighted by molar-refractivity contribution is 14.1. The molecule has 33 heavy (non-hydrogen) atoms. The normalized spacial score (nSPS) is 11.5. The van der Waals surface area contributed by atoms with Crippen LogP contribution in [-0.4, -0.2) is 38.2 Å². The monoisotopic (exact) mass is 604 g/mol. The molecule has 0 aliphatic heterocycles. The molecule has 0 fully saturated rings. The van der Waals surface area contributed by atoms with Crippen LogP contribution in [0.1, 0.15) is 0 Å². The second-order valence-corrected chi connectivity index (χ2v) is 11.1. The molecule has 0 spiro atoms. The third-order valence-corrected chi connectivity index (χ3v) is 8.10. The lowest BCUT2D eigenvalue weighted by molar-refractivity contribution is 0.405. The van der Waals surface area contributed by atoms with Gasteiger partial charge in [0.25, 0.3) is 20.0 Å². The van der Waals surface area contributed by atoms with E-state index in [9.17, 15) is 16.8 Å². The predicted molar refractivity (Wildman–Crippen MR) is 133 cm³/mol. The van der Waals surface area contributed by atoms with Crippen molar-refractivity contribution < 1.29 is 31.0 Å². The number of hydrogen-bond donors (Lipinski definition) is 2. The zero-order chi connectivity index (χ0) is 24.2. The number of methoxy groups -OCH3 is 3. The number of halogens is 1. The average molecular weight is 604 g/mol.